The molecule has 0 saturated heterocycles. The van der Waals surface area contributed by atoms with Crippen LogP contribution in [-0.4, -0.2) is 20.4 Å². The molecule has 0 bridgehead atoms. The van der Waals surface area contributed by atoms with Gasteiger partial charge >= 0.3 is 0 Å². The van der Waals surface area contributed by atoms with Crippen LogP contribution in [0.1, 0.15) is 36.4 Å². The number of aromatic nitrogens is 3. The van der Waals surface area contributed by atoms with Crippen molar-refractivity contribution in [2.45, 2.75) is 39.8 Å². The third-order valence-electron chi connectivity index (χ3n) is 3.64. The third-order valence-corrected chi connectivity index (χ3v) is 4.46. The number of nitrogens with zero attached hydrogens (tertiary/aromatic N) is 3. The summed E-state index contributed by atoms with van der Waals surface area (Å²) in [5, 5.41) is 5.87. The molecule has 0 aliphatic rings. The molecule has 0 aliphatic heterocycles. The van der Waals surface area contributed by atoms with Gasteiger partial charge in [0.05, 0.1) is 34.7 Å². The van der Waals surface area contributed by atoms with Crippen LogP contribution in [0.3, 0.4) is 0 Å². The maximum atomic E-state index is 12.1. The second-order valence-corrected chi connectivity index (χ2v) is 6.85. The lowest BCUT2D eigenvalue weighted by Crippen LogP contribution is -2.26. The SMILES string of the molecule is Cc1nc(CC(=O)NCc2nc3ccccc3n2C(C)C)cs1. The molecule has 0 unspecified atom stereocenters. The molecular weight excluding hydrogens is 308 g/mol. The van der Waals surface area contributed by atoms with Gasteiger partial charge in [0.15, 0.2) is 0 Å². The van der Waals surface area contributed by atoms with E-state index < -0.39 is 0 Å². The van der Waals surface area contributed by atoms with Crippen molar-refractivity contribution in [2.24, 2.45) is 0 Å². The number of fused-ring (bicyclic) bond motifs is 1. The largest absolute Gasteiger partial charge is 0.349 e. The molecule has 3 aromatic rings. The van der Waals surface area contributed by atoms with Crippen LogP contribution in [0.4, 0.5) is 0 Å². The van der Waals surface area contributed by atoms with E-state index in [1.807, 2.05) is 30.5 Å². The van der Waals surface area contributed by atoms with E-state index in [1.165, 1.54) is 0 Å². The second kappa shape index (κ2) is 6.50. The quantitative estimate of drug-likeness (QED) is 0.782. The number of thiazole rings is 1. The number of hydrogen-bond acceptors (Lipinski definition) is 4. The first-order chi connectivity index (χ1) is 11.0. The Hall–Kier alpha value is -2.21. The van der Waals surface area contributed by atoms with Gasteiger partial charge < -0.3 is 9.88 Å². The number of rotatable bonds is 5. The van der Waals surface area contributed by atoms with E-state index in [-0.39, 0.29) is 11.9 Å². The highest BCUT2D eigenvalue weighted by Gasteiger charge is 2.14. The topological polar surface area (TPSA) is 59.8 Å². The van der Waals surface area contributed by atoms with Crippen LogP contribution >= 0.6 is 11.3 Å². The normalized spacial score (nSPS) is 11.3. The average Bonchev–Trinajstić information content (AvgIpc) is 3.08. The van der Waals surface area contributed by atoms with E-state index in [0.717, 1.165) is 27.6 Å². The van der Waals surface area contributed by atoms with E-state index in [9.17, 15) is 4.79 Å². The molecule has 1 N–H and O–H groups in total. The molecule has 1 amide bonds. The molecule has 120 valence electrons. The van der Waals surface area contributed by atoms with E-state index in [1.54, 1.807) is 11.3 Å². The standard InChI is InChI=1S/C17H20N4OS/c1-11(2)21-15-7-5-4-6-14(15)20-16(21)9-18-17(22)8-13-10-23-12(3)19-13/h4-7,10-11H,8-9H2,1-3H3,(H,18,22). The smallest absolute Gasteiger partial charge is 0.226 e. The molecule has 3 rings (SSSR count). The minimum atomic E-state index is -0.0299. The van der Waals surface area contributed by atoms with Crippen LogP contribution in [0.2, 0.25) is 0 Å². The minimum Gasteiger partial charge on any atom is -0.349 e. The van der Waals surface area contributed by atoms with E-state index in [2.05, 4.69) is 39.8 Å². The van der Waals surface area contributed by atoms with Crippen molar-refractivity contribution < 1.29 is 4.79 Å². The average molecular weight is 328 g/mol. The molecule has 0 atom stereocenters. The summed E-state index contributed by atoms with van der Waals surface area (Å²) in [5.41, 5.74) is 2.88. The van der Waals surface area contributed by atoms with Gasteiger partial charge in [-0.3, -0.25) is 4.79 Å². The lowest BCUT2D eigenvalue weighted by Gasteiger charge is -2.13. The predicted molar refractivity (Wildman–Crippen MR) is 92.5 cm³/mol. The Balaban J connectivity index is 1.73. The molecule has 0 fully saturated rings. The molecule has 23 heavy (non-hydrogen) atoms. The first-order valence-electron chi connectivity index (χ1n) is 7.68. The number of para-hydroxylation sites is 2. The lowest BCUT2D eigenvalue weighted by atomic mass is 10.3. The van der Waals surface area contributed by atoms with Gasteiger partial charge in [0.2, 0.25) is 5.91 Å². The van der Waals surface area contributed by atoms with Crippen LogP contribution in [0.25, 0.3) is 11.0 Å². The van der Waals surface area contributed by atoms with E-state index in [0.29, 0.717) is 13.0 Å². The van der Waals surface area contributed by atoms with Gasteiger partial charge in [-0.1, -0.05) is 12.1 Å². The van der Waals surface area contributed by atoms with Gasteiger partial charge in [0, 0.05) is 11.4 Å². The van der Waals surface area contributed by atoms with E-state index in [4.69, 9.17) is 0 Å². The number of imidazole rings is 1. The summed E-state index contributed by atoms with van der Waals surface area (Å²) in [5.74, 6) is 0.849. The number of carbonyl (C=O) groups is 1. The number of benzene rings is 1. The first kappa shape index (κ1) is 15.7. The summed E-state index contributed by atoms with van der Waals surface area (Å²) in [6, 6.07) is 8.34. The van der Waals surface area contributed by atoms with Gasteiger partial charge in [0.25, 0.3) is 0 Å². The summed E-state index contributed by atoms with van der Waals surface area (Å²) in [7, 11) is 0. The zero-order valence-electron chi connectivity index (χ0n) is 13.5. The first-order valence-corrected chi connectivity index (χ1v) is 8.56. The molecule has 6 heteroatoms. The molecular formula is C17H20N4OS. The number of amides is 1. The summed E-state index contributed by atoms with van der Waals surface area (Å²) >= 11 is 1.56. The fourth-order valence-corrected chi connectivity index (χ4v) is 3.30. The molecule has 2 aromatic heterocycles. The summed E-state index contributed by atoms with van der Waals surface area (Å²) < 4.78 is 2.17. The van der Waals surface area contributed by atoms with E-state index >= 15 is 0 Å². The zero-order chi connectivity index (χ0) is 16.4. The number of hydrogen-bond donors (Lipinski definition) is 1. The Morgan fingerprint density at radius 3 is 2.78 bits per heavy atom. The minimum absolute atomic E-state index is 0.0299. The van der Waals surface area contributed by atoms with Crippen molar-refractivity contribution in [3.05, 3.63) is 46.2 Å². The predicted octanol–water partition coefficient (Wildman–Crippen LogP) is 3.24. The maximum Gasteiger partial charge on any atom is 0.226 e. The summed E-state index contributed by atoms with van der Waals surface area (Å²) in [6.07, 6.45) is 0.312. The van der Waals surface area contributed by atoms with Crippen molar-refractivity contribution in [3.8, 4) is 0 Å². The van der Waals surface area contributed by atoms with Crippen LogP contribution < -0.4 is 5.32 Å². The van der Waals surface area contributed by atoms with Crippen molar-refractivity contribution in [1.29, 1.82) is 0 Å². The number of aryl methyl sites for hydroxylation is 1. The van der Waals surface area contributed by atoms with Gasteiger partial charge in [0.1, 0.15) is 5.82 Å². The molecule has 0 radical (unpaired) electrons. The molecule has 0 spiro atoms. The number of nitrogens with one attached hydrogen (secondary N) is 1. The molecule has 0 aliphatic carbocycles. The van der Waals surface area contributed by atoms with Crippen molar-refractivity contribution in [3.63, 3.8) is 0 Å². The Labute approximate surface area is 139 Å². The number of carbonyl (C=O) groups excluding carboxylic acids is 1. The van der Waals surface area contributed by atoms with Crippen molar-refractivity contribution in [2.75, 3.05) is 0 Å². The summed E-state index contributed by atoms with van der Waals surface area (Å²) in [4.78, 5) is 21.1. The van der Waals surface area contributed by atoms with Crippen LogP contribution in [0.5, 0.6) is 0 Å². The van der Waals surface area contributed by atoms with Gasteiger partial charge in [-0.2, -0.15) is 0 Å². The second-order valence-electron chi connectivity index (χ2n) is 5.79. The Morgan fingerprint density at radius 1 is 1.30 bits per heavy atom. The highest BCUT2D eigenvalue weighted by Crippen LogP contribution is 2.20. The molecule has 1 aromatic carbocycles. The van der Waals surface area contributed by atoms with Gasteiger partial charge in [-0.05, 0) is 32.9 Å². The summed E-state index contributed by atoms with van der Waals surface area (Å²) in [6.45, 7) is 6.61. The monoisotopic (exact) mass is 328 g/mol. The van der Waals surface area contributed by atoms with Crippen LogP contribution in [0.15, 0.2) is 29.6 Å². The molecule has 0 saturated carbocycles. The van der Waals surface area contributed by atoms with Crippen LogP contribution in [-0.2, 0) is 17.8 Å². The molecule has 5 nitrogen and oxygen atoms in total. The third kappa shape index (κ3) is 3.42. The Morgan fingerprint density at radius 2 is 2.09 bits per heavy atom. The van der Waals surface area contributed by atoms with Crippen molar-refractivity contribution >= 4 is 28.3 Å². The Kier molecular flexibility index (Phi) is 4.43. The lowest BCUT2D eigenvalue weighted by molar-refractivity contribution is -0.120. The maximum absolute atomic E-state index is 12.1. The Bertz CT molecular complexity index is 834. The fraction of sp³-hybridized carbons (Fsp3) is 0.353. The fourth-order valence-electron chi connectivity index (χ4n) is 2.69. The highest BCUT2D eigenvalue weighted by atomic mass is 32.1. The van der Waals surface area contributed by atoms with Gasteiger partial charge in [-0.15, -0.1) is 11.3 Å². The van der Waals surface area contributed by atoms with Crippen molar-refractivity contribution in [1.82, 2.24) is 19.9 Å². The van der Waals surface area contributed by atoms with Crippen LogP contribution in [0, 0.1) is 6.92 Å². The van der Waals surface area contributed by atoms with Gasteiger partial charge in [-0.25, -0.2) is 9.97 Å². The zero-order valence-corrected chi connectivity index (χ0v) is 14.4. The highest BCUT2D eigenvalue weighted by molar-refractivity contribution is 7.09. The molecule has 2 heterocycles.